The highest BCUT2D eigenvalue weighted by Gasteiger charge is 2.06. The average molecular weight is 284 g/mol. The van der Waals surface area contributed by atoms with E-state index in [4.69, 9.17) is 0 Å². The lowest BCUT2D eigenvalue weighted by molar-refractivity contribution is 0.570. The van der Waals surface area contributed by atoms with Gasteiger partial charge in [-0.05, 0) is 59.9 Å². The third-order valence-corrected chi connectivity index (χ3v) is 3.72. The second kappa shape index (κ2) is 7.40. The molecule has 1 unspecified atom stereocenters. The Labute approximate surface area is 128 Å². The van der Waals surface area contributed by atoms with Crippen molar-refractivity contribution in [3.05, 3.63) is 71.0 Å². The molecule has 0 amide bonds. The zero-order chi connectivity index (χ0) is 15.2. The summed E-state index contributed by atoms with van der Waals surface area (Å²) in [5.41, 5.74) is 3.86. The van der Waals surface area contributed by atoms with Crippen LogP contribution in [0.4, 0.5) is 4.39 Å². The number of hydrogen-bond donors (Lipinski definition) is 0. The molecule has 0 spiro atoms. The minimum absolute atomic E-state index is 0.141. The van der Waals surface area contributed by atoms with Crippen molar-refractivity contribution in [3.8, 4) is 0 Å². The summed E-state index contributed by atoms with van der Waals surface area (Å²) in [6.07, 6.45) is 3.10. The fourth-order valence-corrected chi connectivity index (χ4v) is 2.82. The van der Waals surface area contributed by atoms with Gasteiger partial charge in [-0.15, -0.1) is 0 Å². The van der Waals surface area contributed by atoms with Crippen LogP contribution in [0.3, 0.4) is 0 Å². The lowest BCUT2D eigenvalue weighted by Crippen LogP contribution is -2.04. The summed E-state index contributed by atoms with van der Waals surface area (Å²) >= 11 is 0. The smallest absolute Gasteiger partial charge is 0.123 e. The standard InChI is InChI=1S/C20H25F/c1-15(2)11-17-7-9-18(10-8-17)12-16(3)13-19-5-4-6-20(21)14-19/h4-10,14-16H,11-13H2,1-3H3. The molecule has 0 heterocycles. The molecule has 0 fully saturated rings. The minimum atomic E-state index is -0.141. The van der Waals surface area contributed by atoms with Crippen LogP contribution in [0.25, 0.3) is 0 Å². The van der Waals surface area contributed by atoms with Gasteiger partial charge in [0.2, 0.25) is 0 Å². The Morgan fingerprint density at radius 2 is 1.33 bits per heavy atom. The van der Waals surface area contributed by atoms with E-state index in [-0.39, 0.29) is 5.82 Å². The summed E-state index contributed by atoms with van der Waals surface area (Å²) in [5.74, 6) is 1.07. The van der Waals surface area contributed by atoms with Crippen molar-refractivity contribution in [1.29, 1.82) is 0 Å². The van der Waals surface area contributed by atoms with Crippen molar-refractivity contribution >= 4 is 0 Å². The normalized spacial score (nSPS) is 12.6. The number of rotatable bonds is 6. The van der Waals surface area contributed by atoms with Gasteiger partial charge in [0.1, 0.15) is 5.82 Å². The molecule has 2 rings (SSSR count). The van der Waals surface area contributed by atoms with E-state index >= 15 is 0 Å². The van der Waals surface area contributed by atoms with Gasteiger partial charge in [-0.1, -0.05) is 57.2 Å². The predicted octanol–water partition coefficient (Wildman–Crippen LogP) is 5.45. The molecule has 0 saturated heterocycles. The molecule has 21 heavy (non-hydrogen) atoms. The summed E-state index contributed by atoms with van der Waals surface area (Å²) in [4.78, 5) is 0. The molecule has 0 aliphatic heterocycles. The first-order valence-corrected chi connectivity index (χ1v) is 7.85. The summed E-state index contributed by atoms with van der Waals surface area (Å²) < 4.78 is 13.2. The van der Waals surface area contributed by atoms with Crippen molar-refractivity contribution in [1.82, 2.24) is 0 Å². The molecule has 0 saturated carbocycles. The molecule has 0 aliphatic rings. The zero-order valence-electron chi connectivity index (χ0n) is 13.3. The monoisotopic (exact) mass is 284 g/mol. The molecular weight excluding hydrogens is 259 g/mol. The molecule has 1 heteroatoms. The van der Waals surface area contributed by atoms with Crippen LogP contribution >= 0.6 is 0 Å². The second-order valence-corrected chi connectivity index (χ2v) is 6.56. The van der Waals surface area contributed by atoms with Gasteiger partial charge < -0.3 is 0 Å². The van der Waals surface area contributed by atoms with E-state index in [1.54, 1.807) is 12.1 Å². The van der Waals surface area contributed by atoms with Crippen LogP contribution in [0.5, 0.6) is 0 Å². The first-order chi connectivity index (χ1) is 10.0. The molecule has 112 valence electrons. The highest BCUT2D eigenvalue weighted by molar-refractivity contribution is 5.24. The molecule has 0 bridgehead atoms. The Morgan fingerprint density at radius 3 is 1.90 bits per heavy atom. The summed E-state index contributed by atoms with van der Waals surface area (Å²) in [5, 5.41) is 0. The van der Waals surface area contributed by atoms with Gasteiger partial charge in [0.05, 0.1) is 0 Å². The minimum Gasteiger partial charge on any atom is -0.207 e. The third-order valence-electron chi connectivity index (χ3n) is 3.72. The van der Waals surface area contributed by atoms with Crippen molar-refractivity contribution in [2.24, 2.45) is 11.8 Å². The highest BCUT2D eigenvalue weighted by Crippen LogP contribution is 2.17. The summed E-state index contributed by atoms with van der Waals surface area (Å²) in [6.45, 7) is 6.72. The fourth-order valence-electron chi connectivity index (χ4n) is 2.82. The van der Waals surface area contributed by atoms with E-state index < -0.39 is 0 Å². The maximum atomic E-state index is 13.2. The van der Waals surface area contributed by atoms with Gasteiger partial charge in [-0.3, -0.25) is 0 Å². The molecule has 0 N–H and O–H groups in total. The lowest BCUT2D eigenvalue weighted by atomic mass is 9.93. The van der Waals surface area contributed by atoms with Crippen LogP contribution in [0, 0.1) is 17.7 Å². The fraction of sp³-hybridized carbons (Fsp3) is 0.400. The largest absolute Gasteiger partial charge is 0.207 e. The predicted molar refractivity (Wildman–Crippen MR) is 88.0 cm³/mol. The topological polar surface area (TPSA) is 0 Å². The Hall–Kier alpha value is -1.63. The van der Waals surface area contributed by atoms with Crippen LogP contribution in [0.2, 0.25) is 0 Å². The number of benzene rings is 2. The molecule has 0 nitrogen and oxygen atoms in total. The summed E-state index contributed by atoms with van der Waals surface area (Å²) in [7, 11) is 0. The van der Waals surface area contributed by atoms with Gasteiger partial charge in [-0.25, -0.2) is 4.39 Å². The van der Waals surface area contributed by atoms with E-state index in [9.17, 15) is 4.39 Å². The molecule has 1 atom stereocenters. The van der Waals surface area contributed by atoms with Gasteiger partial charge in [0, 0.05) is 0 Å². The maximum Gasteiger partial charge on any atom is 0.123 e. The quantitative estimate of drug-likeness (QED) is 0.662. The Balaban J connectivity index is 1.91. The van der Waals surface area contributed by atoms with Crippen LogP contribution in [-0.4, -0.2) is 0 Å². The molecule has 0 aromatic heterocycles. The van der Waals surface area contributed by atoms with Crippen molar-refractivity contribution in [2.75, 3.05) is 0 Å². The third kappa shape index (κ3) is 5.34. The van der Waals surface area contributed by atoms with Gasteiger partial charge in [0.15, 0.2) is 0 Å². The summed E-state index contributed by atoms with van der Waals surface area (Å²) in [6, 6.07) is 15.9. The molecule has 2 aromatic carbocycles. The Bertz CT molecular complexity index is 554. The highest BCUT2D eigenvalue weighted by atomic mass is 19.1. The van der Waals surface area contributed by atoms with Crippen molar-refractivity contribution in [2.45, 2.75) is 40.0 Å². The van der Waals surface area contributed by atoms with Crippen LogP contribution in [-0.2, 0) is 19.3 Å². The van der Waals surface area contributed by atoms with Gasteiger partial charge in [0.25, 0.3) is 0 Å². The van der Waals surface area contributed by atoms with Crippen LogP contribution in [0.15, 0.2) is 48.5 Å². The average Bonchev–Trinajstić information content (AvgIpc) is 2.40. The van der Waals surface area contributed by atoms with E-state index in [0.717, 1.165) is 24.8 Å². The molecular formula is C20H25F. The van der Waals surface area contributed by atoms with Crippen LogP contribution in [0.1, 0.15) is 37.5 Å². The Morgan fingerprint density at radius 1 is 0.762 bits per heavy atom. The Kier molecular flexibility index (Phi) is 5.55. The van der Waals surface area contributed by atoms with E-state index in [1.165, 1.54) is 17.2 Å². The van der Waals surface area contributed by atoms with E-state index in [1.807, 2.05) is 6.07 Å². The van der Waals surface area contributed by atoms with Crippen molar-refractivity contribution in [3.63, 3.8) is 0 Å². The van der Waals surface area contributed by atoms with Crippen molar-refractivity contribution < 1.29 is 4.39 Å². The molecule has 0 radical (unpaired) electrons. The number of halogens is 1. The zero-order valence-corrected chi connectivity index (χ0v) is 13.3. The first-order valence-electron chi connectivity index (χ1n) is 7.85. The van der Waals surface area contributed by atoms with E-state index in [0.29, 0.717) is 11.8 Å². The number of hydrogen-bond acceptors (Lipinski definition) is 0. The van der Waals surface area contributed by atoms with Gasteiger partial charge >= 0.3 is 0 Å². The van der Waals surface area contributed by atoms with Crippen LogP contribution < -0.4 is 0 Å². The molecule has 0 aliphatic carbocycles. The van der Waals surface area contributed by atoms with Gasteiger partial charge in [-0.2, -0.15) is 0 Å². The van der Waals surface area contributed by atoms with E-state index in [2.05, 4.69) is 45.0 Å². The molecule has 2 aromatic rings. The lowest BCUT2D eigenvalue weighted by Gasteiger charge is -2.12. The first kappa shape index (κ1) is 15.8. The second-order valence-electron chi connectivity index (χ2n) is 6.56. The SMILES string of the molecule is CC(C)Cc1ccc(CC(C)Cc2cccc(F)c2)cc1. The maximum absolute atomic E-state index is 13.2.